The second-order valence-corrected chi connectivity index (χ2v) is 7.73. The lowest BCUT2D eigenvalue weighted by Gasteiger charge is -2.39. The number of amides is 1. The Morgan fingerprint density at radius 1 is 1.07 bits per heavy atom. The van der Waals surface area contributed by atoms with Gasteiger partial charge >= 0.3 is 0 Å². The lowest BCUT2D eigenvalue weighted by molar-refractivity contribution is 0.0711. The van der Waals surface area contributed by atoms with Crippen molar-refractivity contribution in [3.8, 4) is 0 Å². The van der Waals surface area contributed by atoms with Crippen LogP contribution in [0.25, 0.3) is 0 Å². The molecule has 2 aliphatic rings. The quantitative estimate of drug-likeness (QED) is 0.844. The van der Waals surface area contributed by atoms with Crippen molar-refractivity contribution in [3.05, 3.63) is 46.6 Å². The molecule has 2 aromatic heterocycles. The van der Waals surface area contributed by atoms with Crippen molar-refractivity contribution in [3.63, 3.8) is 0 Å². The summed E-state index contributed by atoms with van der Waals surface area (Å²) in [5.74, 6) is 1.80. The first kappa shape index (κ1) is 18.5. The molecular weight excluding hydrogens is 356 g/mol. The number of rotatable bonds is 5. The molecule has 4 rings (SSSR count). The van der Waals surface area contributed by atoms with Gasteiger partial charge in [-0.2, -0.15) is 0 Å². The maximum Gasteiger partial charge on any atom is 0.254 e. The number of anilines is 2. The molecule has 0 aromatic carbocycles. The van der Waals surface area contributed by atoms with Crippen molar-refractivity contribution in [1.29, 1.82) is 0 Å². The molecule has 1 aliphatic carbocycles. The number of pyridine rings is 1. The van der Waals surface area contributed by atoms with Crippen LogP contribution in [0.1, 0.15) is 36.0 Å². The van der Waals surface area contributed by atoms with E-state index >= 15 is 0 Å². The molecular formula is C20H26N6O2. The van der Waals surface area contributed by atoms with E-state index in [4.69, 9.17) is 0 Å². The molecule has 3 heterocycles. The summed E-state index contributed by atoms with van der Waals surface area (Å²) in [7, 11) is 3.96. The lowest BCUT2D eigenvalue weighted by Crippen LogP contribution is -2.48. The Morgan fingerprint density at radius 3 is 2.39 bits per heavy atom. The van der Waals surface area contributed by atoms with Gasteiger partial charge in [-0.1, -0.05) is 0 Å². The molecule has 8 nitrogen and oxygen atoms in total. The van der Waals surface area contributed by atoms with Crippen molar-refractivity contribution >= 4 is 17.5 Å². The van der Waals surface area contributed by atoms with Crippen LogP contribution in [0.5, 0.6) is 0 Å². The third kappa shape index (κ3) is 3.85. The fourth-order valence-electron chi connectivity index (χ4n) is 3.86. The number of piperidine rings is 1. The minimum Gasteiger partial charge on any atom is -0.363 e. The summed E-state index contributed by atoms with van der Waals surface area (Å²) in [5.41, 5.74) is 0.203. The van der Waals surface area contributed by atoms with E-state index in [2.05, 4.69) is 19.9 Å². The summed E-state index contributed by atoms with van der Waals surface area (Å²) in [5, 5.41) is 0. The molecule has 1 saturated carbocycles. The van der Waals surface area contributed by atoms with E-state index < -0.39 is 0 Å². The molecule has 2 fully saturated rings. The molecule has 1 saturated heterocycles. The summed E-state index contributed by atoms with van der Waals surface area (Å²) < 4.78 is 0. The van der Waals surface area contributed by atoms with Gasteiger partial charge in [-0.05, 0) is 31.7 Å². The van der Waals surface area contributed by atoms with Crippen LogP contribution < -0.4 is 15.4 Å². The Labute approximate surface area is 164 Å². The number of aromatic amines is 1. The Bertz CT molecular complexity index is 899. The molecule has 0 atom stereocenters. The Kier molecular flexibility index (Phi) is 5.02. The van der Waals surface area contributed by atoms with Crippen molar-refractivity contribution < 1.29 is 4.79 Å². The zero-order valence-electron chi connectivity index (χ0n) is 16.3. The molecule has 0 bridgehead atoms. The number of carbonyl (C=O) groups excluding carboxylic acids is 1. The van der Waals surface area contributed by atoms with Crippen molar-refractivity contribution in [2.75, 3.05) is 37.0 Å². The van der Waals surface area contributed by atoms with Crippen LogP contribution in [-0.4, -0.2) is 65.0 Å². The summed E-state index contributed by atoms with van der Waals surface area (Å²) >= 11 is 0. The minimum absolute atomic E-state index is 0.0700. The van der Waals surface area contributed by atoms with Crippen LogP contribution >= 0.6 is 0 Å². The van der Waals surface area contributed by atoms with Gasteiger partial charge in [0.15, 0.2) is 0 Å². The SMILES string of the molecule is CN(C)c1cc(N(C2CC2)C2CCN(C(=O)c3cc[nH]c(=O)c3)CC2)ncn1. The van der Waals surface area contributed by atoms with Gasteiger partial charge in [0, 0.05) is 63.2 Å². The minimum atomic E-state index is -0.249. The average Bonchev–Trinajstić information content (AvgIpc) is 3.53. The highest BCUT2D eigenvalue weighted by molar-refractivity contribution is 5.94. The molecule has 1 amide bonds. The lowest BCUT2D eigenvalue weighted by atomic mass is 10.0. The van der Waals surface area contributed by atoms with E-state index in [0.29, 0.717) is 30.7 Å². The van der Waals surface area contributed by atoms with E-state index in [1.807, 2.05) is 30.0 Å². The van der Waals surface area contributed by atoms with Crippen molar-refractivity contribution in [1.82, 2.24) is 19.9 Å². The van der Waals surface area contributed by atoms with E-state index in [9.17, 15) is 9.59 Å². The summed E-state index contributed by atoms with van der Waals surface area (Å²) in [6.07, 6.45) is 7.32. The summed E-state index contributed by atoms with van der Waals surface area (Å²) in [6, 6.07) is 5.97. The summed E-state index contributed by atoms with van der Waals surface area (Å²) in [6.45, 7) is 1.37. The van der Waals surface area contributed by atoms with E-state index in [1.54, 1.807) is 12.4 Å². The topological polar surface area (TPSA) is 85.4 Å². The highest BCUT2D eigenvalue weighted by atomic mass is 16.2. The van der Waals surface area contributed by atoms with Crippen LogP contribution in [0.2, 0.25) is 0 Å². The van der Waals surface area contributed by atoms with Gasteiger partial charge in [0.2, 0.25) is 5.56 Å². The predicted molar refractivity (Wildman–Crippen MR) is 108 cm³/mol. The van der Waals surface area contributed by atoms with Gasteiger partial charge in [-0.25, -0.2) is 9.97 Å². The maximum absolute atomic E-state index is 12.7. The first-order chi connectivity index (χ1) is 13.5. The fraction of sp³-hybridized carbons (Fsp3) is 0.500. The molecule has 2 aromatic rings. The first-order valence-corrected chi connectivity index (χ1v) is 9.78. The van der Waals surface area contributed by atoms with Gasteiger partial charge in [0.05, 0.1) is 0 Å². The smallest absolute Gasteiger partial charge is 0.254 e. The van der Waals surface area contributed by atoms with E-state index in [0.717, 1.165) is 24.5 Å². The molecule has 28 heavy (non-hydrogen) atoms. The predicted octanol–water partition coefficient (Wildman–Crippen LogP) is 1.50. The number of likely N-dealkylation sites (tertiary alicyclic amines) is 1. The fourth-order valence-corrected chi connectivity index (χ4v) is 3.86. The van der Waals surface area contributed by atoms with E-state index in [1.165, 1.54) is 25.1 Å². The van der Waals surface area contributed by atoms with Gasteiger partial charge in [-0.15, -0.1) is 0 Å². The number of hydrogen-bond donors (Lipinski definition) is 1. The number of nitrogens with zero attached hydrogens (tertiary/aromatic N) is 5. The maximum atomic E-state index is 12.7. The Morgan fingerprint density at radius 2 is 1.75 bits per heavy atom. The molecule has 8 heteroatoms. The number of H-pyrrole nitrogens is 1. The third-order valence-electron chi connectivity index (χ3n) is 5.47. The van der Waals surface area contributed by atoms with Gasteiger partial charge < -0.3 is 19.7 Å². The molecule has 1 aliphatic heterocycles. The first-order valence-electron chi connectivity index (χ1n) is 9.78. The Hall–Kier alpha value is -2.90. The standard InChI is InChI=1S/C20H26N6O2/c1-24(2)17-12-18(23-13-22-17)26(15-3-4-15)16-6-9-25(10-7-16)20(28)14-5-8-21-19(27)11-14/h5,8,11-13,15-16H,3-4,6-7,9-10H2,1-2H3,(H,21,27). The highest BCUT2D eigenvalue weighted by Gasteiger charge is 2.37. The van der Waals surface area contributed by atoms with Crippen LogP contribution in [0.3, 0.4) is 0 Å². The van der Waals surface area contributed by atoms with Crippen molar-refractivity contribution in [2.24, 2.45) is 0 Å². The average molecular weight is 382 g/mol. The van der Waals surface area contributed by atoms with Crippen LogP contribution in [0.15, 0.2) is 35.5 Å². The second-order valence-electron chi connectivity index (χ2n) is 7.73. The van der Waals surface area contributed by atoms with Gasteiger partial charge in [0.1, 0.15) is 18.0 Å². The number of nitrogens with one attached hydrogen (secondary N) is 1. The van der Waals surface area contributed by atoms with Gasteiger partial charge in [-0.3, -0.25) is 9.59 Å². The molecule has 148 valence electrons. The summed E-state index contributed by atoms with van der Waals surface area (Å²) in [4.78, 5) is 41.9. The molecule has 1 N–H and O–H groups in total. The monoisotopic (exact) mass is 382 g/mol. The molecule has 0 spiro atoms. The van der Waals surface area contributed by atoms with E-state index in [-0.39, 0.29) is 11.5 Å². The highest BCUT2D eigenvalue weighted by Crippen LogP contribution is 2.36. The molecule has 0 unspecified atom stereocenters. The number of hydrogen-bond acceptors (Lipinski definition) is 6. The number of aromatic nitrogens is 3. The largest absolute Gasteiger partial charge is 0.363 e. The van der Waals surface area contributed by atoms with Crippen molar-refractivity contribution in [2.45, 2.75) is 37.8 Å². The van der Waals surface area contributed by atoms with Crippen LogP contribution in [0, 0.1) is 0 Å². The normalized spacial score (nSPS) is 17.4. The third-order valence-corrected chi connectivity index (χ3v) is 5.47. The van der Waals surface area contributed by atoms with Gasteiger partial charge in [0.25, 0.3) is 5.91 Å². The second kappa shape index (κ2) is 7.61. The molecule has 0 radical (unpaired) electrons. The number of carbonyl (C=O) groups is 1. The van der Waals surface area contributed by atoms with Crippen LogP contribution in [-0.2, 0) is 0 Å². The Balaban J connectivity index is 1.46. The van der Waals surface area contributed by atoms with Crippen LogP contribution in [0.4, 0.5) is 11.6 Å². The zero-order chi connectivity index (χ0) is 19.7. The zero-order valence-corrected chi connectivity index (χ0v) is 16.3.